The van der Waals surface area contributed by atoms with Crippen LogP contribution >= 0.6 is 12.2 Å². The maximum atomic E-state index is 5.52. The van der Waals surface area contributed by atoms with Crippen molar-refractivity contribution in [3.8, 4) is 0 Å². The first kappa shape index (κ1) is 20.8. The van der Waals surface area contributed by atoms with Crippen molar-refractivity contribution < 1.29 is 0 Å². The van der Waals surface area contributed by atoms with E-state index in [1.165, 1.54) is 24.8 Å². The minimum atomic E-state index is 0.545. The summed E-state index contributed by atoms with van der Waals surface area (Å²) in [5, 5.41) is 7.03. The molecule has 2 fully saturated rings. The largest absolute Gasteiger partial charge is 0.358 e. The summed E-state index contributed by atoms with van der Waals surface area (Å²) in [5.74, 6) is 3.91. The zero-order chi connectivity index (χ0) is 20.9. The summed E-state index contributed by atoms with van der Waals surface area (Å²) in [6.07, 6.45) is 3.72. The number of piperidine rings is 1. The van der Waals surface area contributed by atoms with Crippen LogP contribution in [0.25, 0.3) is 0 Å². The summed E-state index contributed by atoms with van der Waals surface area (Å²) >= 11 is 5.52. The Hall–Kier alpha value is -2.41. The number of thiocarbonyl (C=S) groups is 1. The normalized spacial score (nSPS) is 21.5. The first-order valence-electron chi connectivity index (χ1n) is 11.0. The van der Waals surface area contributed by atoms with Gasteiger partial charge in [0.1, 0.15) is 11.6 Å². The van der Waals surface area contributed by atoms with Gasteiger partial charge in [0.25, 0.3) is 0 Å². The SMILES string of the molecule is CC1CC(C)CN(c2cc(N3CCCC3)nc(NC(=S)NCc3ccccc3)n2)C1. The van der Waals surface area contributed by atoms with E-state index in [1.807, 2.05) is 18.2 Å². The van der Waals surface area contributed by atoms with Gasteiger partial charge in [-0.1, -0.05) is 44.2 Å². The molecule has 0 amide bonds. The Kier molecular flexibility index (Phi) is 6.67. The summed E-state index contributed by atoms with van der Waals surface area (Å²) in [6.45, 7) is 9.51. The second-order valence-corrected chi connectivity index (χ2v) is 9.15. The van der Waals surface area contributed by atoms with E-state index in [0.29, 0.717) is 29.4 Å². The fraction of sp³-hybridized carbons (Fsp3) is 0.522. The quantitative estimate of drug-likeness (QED) is 0.703. The van der Waals surface area contributed by atoms with Crippen molar-refractivity contribution >= 4 is 34.9 Å². The average molecular weight is 425 g/mol. The number of anilines is 3. The highest BCUT2D eigenvalue weighted by Gasteiger charge is 2.25. The summed E-state index contributed by atoms with van der Waals surface area (Å²) in [6, 6.07) is 12.4. The summed E-state index contributed by atoms with van der Waals surface area (Å²) < 4.78 is 0. The molecule has 2 saturated heterocycles. The van der Waals surface area contributed by atoms with E-state index in [-0.39, 0.29) is 0 Å². The van der Waals surface area contributed by atoms with E-state index in [0.717, 1.165) is 37.8 Å². The summed E-state index contributed by atoms with van der Waals surface area (Å²) in [7, 11) is 0. The molecule has 2 aliphatic heterocycles. The third-order valence-corrected chi connectivity index (χ3v) is 6.09. The van der Waals surface area contributed by atoms with Gasteiger partial charge >= 0.3 is 0 Å². The number of hydrogen-bond donors (Lipinski definition) is 2. The lowest BCUT2D eigenvalue weighted by molar-refractivity contribution is 0.355. The minimum absolute atomic E-state index is 0.545. The highest BCUT2D eigenvalue weighted by Crippen LogP contribution is 2.29. The molecule has 3 heterocycles. The molecule has 0 bridgehead atoms. The predicted octanol–water partition coefficient (Wildman–Crippen LogP) is 4.05. The standard InChI is InChI=1S/C23H32N6S/c1-17-12-18(2)16-29(15-17)21-13-20(28-10-6-7-11-28)25-22(26-21)27-23(30)24-14-19-8-4-3-5-9-19/h3-5,8-9,13,17-18H,6-7,10-12,14-16H2,1-2H3,(H2,24,25,26,27,30). The Morgan fingerprint density at radius 1 is 1.00 bits per heavy atom. The Labute approximate surface area is 185 Å². The van der Waals surface area contributed by atoms with E-state index >= 15 is 0 Å². The van der Waals surface area contributed by atoms with Crippen LogP contribution in [0, 0.1) is 11.8 Å². The zero-order valence-corrected chi connectivity index (χ0v) is 18.8. The molecule has 0 spiro atoms. The van der Waals surface area contributed by atoms with E-state index in [1.54, 1.807) is 0 Å². The molecule has 2 N–H and O–H groups in total. The lowest BCUT2D eigenvalue weighted by Crippen LogP contribution is -2.39. The van der Waals surface area contributed by atoms with Crippen LogP contribution in [0.4, 0.5) is 17.6 Å². The third kappa shape index (κ3) is 5.39. The van der Waals surface area contributed by atoms with Gasteiger partial charge in [-0.05, 0) is 48.9 Å². The number of rotatable bonds is 5. The second kappa shape index (κ2) is 9.60. The maximum absolute atomic E-state index is 5.52. The van der Waals surface area contributed by atoms with Crippen molar-refractivity contribution in [3.63, 3.8) is 0 Å². The Morgan fingerprint density at radius 2 is 1.63 bits per heavy atom. The third-order valence-electron chi connectivity index (χ3n) is 5.84. The monoisotopic (exact) mass is 424 g/mol. The van der Waals surface area contributed by atoms with Gasteiger partial charge in [0.05, 0.1) is 0 Å². The van der Waals surface area contributed by atoms with Crippen LogP contribution in [0.15, 0.2) is 36.4 Å². The number of nitrogens with one attached hydrogen (secondary N) is 2. The maximum Gasteiger partial charge on any atom is 0.232 e. The molecule has 160 valence electrons. The van der Waals surface area contributed by atoms with E-state index in [4.69, 9.17) is 22.2 Å². The van der Waals surface area contributed by atoms with Gasteiger partial charge in [-0.15, -0.1) is 0 Å². The molecular formula is C23H32N6S. The molecule has 0 radical (unpaired) electrons. The van der Waals surface area contributed by atoms with Crippen molar-refractivity contribution in [2.75, 3.05) is 41.3 Å². The molecule has 0 saturated carbocycles. The molecule has 2 aliphatic rings. The van der Waals surface area contributed by atoms with Gasteiger partial charge in [0.15, 0.2) is 5.11 Å². The lowest BCUT2D eigenvalue weighted by Gasteiger charge is -2.36. The van der Waals surface area contributed by atoms with Crippen molar-refractivity contribution in [2.45, 2.75) is 39.7 Å². The number of benzene rings is 1. The van der Waals surface area contributed by atoms with Crippen molar-refractivity contribution in [1.82, 2.24) is 15.3 Å². The van der Waals surface area contributed by atoms with Crippen LogP contribution in [0.1, 0.15) is 38.7 Å². The molecule has 2 atom stereocenters. The predicted molar refractivity (Wildman–Crippen MR) is 128 cm³/mol. The highest BCUT2D eigenvalue weighted by molar-refractivity contribution is 7.80. The van der Waals surface area contributed by atoms with Crippen LogP contribution < -0.4 is 20.4 Å². The molecule has 2 aromatic rings. The Balaban J connectivity index is 1.50. The molecule has 4 rings (SSSR count). The fourth-order valence-electron chi connectivity index (χ4n) is 4.52. The van der Waals surface area contributed by atoms with Crippen LogP contribution in [0.3, 0.4) is 0 Å². The molecule has 7 heteroatoms. The second-order valence-electron chi connectivity index (χ2n) is 8.75. The highest BCUT2D eigenvalue weighted by atomic mass is 32.1. The van der Waals surface area contributed by atoms with Crippen LogP contribution in [-0.4, -0.2) is 41.3 Å². The van der Waals surface area contributed by atoms with Crippen LogP contribution in [0.5, 0.6) is 0 Å². The molecular weight excluding hydrogens is 392 g/mol. The Bertz CT molecular complexity index is 842. The van der Waals surface area contributed by atoms with E-state index in [9.17, 15) is 0 Å². The molecule has 0 aliphatic carbocycles. The van der Waals surface area contributed by atoms with Crippen LogP contribution in [0.2, 0.25) is 0 Å². The molecule has 2 unspecified atom stereocenters. The van der Waals surface area contributed by atoms with E-state index < -0.39 is 0 Å². The van der Waals surface area contributed by atoms with Gasteiger partial charge < -0.3 is 20.4 Å². The smallest absolute Gasteiger partial charge is 0.232 e. The summed E-state index contributed by atoms with van der Waals surface area (Å²) in [5.41, 5.74) is 1.19. The van der Waals surface area contributed by atoms with Gasteiger partial charge in [-0.3, -0.25) is 0 Å². The summed E-state index contributed by atoms with van der Waals surface area (Å²) in [4.78, 5) is 14.4. The number of nitrogens with zero attached hydrogens (tertiary/aromatic N) is 4. The van der Waals surface area contributed by atoms with Crippen molar-refractivity contribution in [3.05, 3.63) is 42.0 Å². The molecule has 6 nitrogen and oxygen atoms in total. The molecule has 1 aromatic carbocycles. The topological polar surface area (TPSA) is 56.3 Å². The minimum Gasteiger partial charge on any atom is -0.358 e. The molecule has 1 aromatic heterocycles. The lowest BCUT2D eigenvalue weighted by atomic mass is 9.92. The van der Waals surface area contributed by atoms with Gasteiger partial charge in [0, 0.05) is 38.8 Å². The van der Waals surface area contributed by atoms with Gasteiger partial charge in [-0.2, -0.15) is 9.97 Å². The average Bonchev–Trinajstić information content (AvgIpc) is 3.27. The van der Waals surface area contributed by atoms with E-state index in [2.05, 4.69) is 52.5 Å². The first-order valence-corrected chi connectivity index (χ1v) is 11.5. The first-order chi connectivity index (χ1) is 14.6. The number of aromatic nitrogens is 2. The van der Waals surface area contributed by atoms with Crippen molar-refractivity contribution in [2.24, 2.45) is 11.8 Å². The zero-order valence-electron chi connectivity index (χ0n) is 18.0. The van der Waals surface area contributed by atoms with Gasteiger partial charge in [0.2, 0.25) is 5.95 Å². The molecule has 30 heavy (non-hydrogen) atoms. The van der Waals surface area contributed by atoms with Crippen LogP contribution in [-0.2, 0) is 6.54 Å². The van der Waals surface area contributed by atoms with Gasteiger partial charge in [-0.25, -0.2) is 0 Å². The number of hydrogen-bond acceptors (Lipinski definition) is 5. The fourth-order valence-corrected chi connectivity index (χ4v) is 4.69. The Morgan fingerprint density at radius 3 is 2.30 bits per heavy atom. The van der Waals surface area contributed by atoms with Crippen molar-refractivity contribution in [1.29, 1.82) is 0 Å².